The van der Waals surface area contributed by atoms with Crippen molar-refractivity contribution in [3.63, 3.8) is 0 Å². The Bertz CT molecular complexity index is 905. The summed E-state index contributed by atoms with van der Waals surface area (Å²) >= 11 is 1.57. The molecule has 1 aliphatic heterocycles. The molecule has 0 amide bonds. The number of nitrogens with one attached hydrogen (secondary N) is 1. The number of hydrogen-bond donors (Lipinski definition) is 1. The number of benzene rings is 2. The molecule has 2 heterocycles. The standard InChI is InChI=1S/C22H24N4OS/c1-17(21(19-10-6-3-7-11-19)26-12-14-27-15-13-26)24-25-22-23-20(16-28-22)18-8-4-2-5-9-18/h2-11,16,21H,12-15H2,1H3,(H,23,25)/b24-17-/t21-/m1/s1. The first kappa shape index (κ1) is 18.8. The summed E-state index contributed by atoms with van der Waals surface area (Å²) < 4.78 is 5.53. The first-order valence-electron chi connectivity index (χ1n) is 9.49. The van der Waals surface area contributed by atoms with Gasteiger partial charge in [-0.3, -0.25) is 10.3 Å². The Kier molecular flexibility index (Phi) is 6.11. The van der Waals surface area contributed by atoms with Crippen LogP contribution >= 0.6 is 11.3 Å². The molecule has 3 aromatic rings. The maximum Gasteiger partial charge on any atom is 0.203 e. The van der Waals surface area contributed by atoms with Gasteiger partial charge in [0.2, 0.25) is 5.13 Å². The fourth-order valence-electron chi connectivity index (χ4n) is 3.45. The zero-order valence-corrected chi connectivity index (χ0v) is 16.7. The summed E-state index contributed by atoms with van der Waals surface area (Å²) in [6, 6.07) is 20.9. The second-order valence-corrected chi connectivity index (χ2v) is 7.59. The van der Waals surface area contributed by atoms with Gasteiger partial charge in [-0.1, -0.05) is 60.7 Å². The SMILES string of the molecule is C/C(=N/Nc1nc(-c2ccccc2)cs1)[C@H](c1ccccc1)N1CCOCC1. The molecule has 1 atom stereocenters. The van der Waals surface area contributed by atoms with E-state index in [9.17, 15) is 0 Å². The maximum absolute atomic E-state index is 5.53. The highest BCUT2D eigenvalue weighted by atomic mass is 32.1. The Morgan fingerprint density at radius 3 is 2.46 bits per heavy atom. The minimum atomic E-state index is 0.131. The van der Waals surface area contributed by atoms with Crippen LogP contribution in [0.15, 0.2) is 71.1 Å². The zero-order chi connectivity index (χ0) is 19.2. The van der Waals surface area contributed by atoms with Gasteiger partial charge in [0.1, 0.15) is 0 Å². The Balaban J connectivity index is 1.52. The van der Waals surface area contributed by atoms with Crippen LogP contribution in [0.25, 0.3) is 11.3 Å². The van der Waals surface area contributed by atoms with Gasteiger partial charge in [-0.25, -0.2) is 4.98 Å². The summed E-state index contributed by atoms with van der Waals surface area (Å²) in [4.78, 5) is 7.09. The molecule has 0 bridgehead atoms. The molecule has 6 heteroatoms. The first-order chi connectivity index (χ1) is 13.8. The summed E-state index contributed by atoms with van der Waals surface area (Å²) in [5, 5.41) is 7.54. The molecule has 1 aliphatic rings. The van der Waals surface area contributed by atoms with Gasteiger partial charge in [0.25, 0.3) is 0 Å². The van der Waals surface area contributed by atoms with Crippen molar-refractivity contribution in [1.82, 2.24) is 9.88 Å². The number of hydrogen-bond acceptors (Lipinski definition) is 6. The van der Waals surface area contributed by atoms with Crippen LogP contribution in [-0.2, 0) is 4.74 Å². The van der Waals surface area contributed by atoms with Gasteiger partial charge >= 0.3 is 0 Å². The van der Waals surface area contributed by atoms with Crippen LogP contribution in [0.3, 0.4) is 0 Å². The van der Waals surface area contributed by atoms with E-state index in [-0.39, 0.29) is 6.04 Å². The van der Waals surface area contributed by atoms with Crippen molar-refractivity contribution in [3.05, 3.63) is 71.6 Å². The number of hydrazone groups is 1. The summed E-state index contributed by atoms with van der Waals surface area (Å²) in [7, 11) is 0. The van der Waals surface area contributed by atoms with Crippen LogP contribution in [0.2, 0.25) is 0 Å². The fourth-order valence-corrected chi connectivity index (χ4v) is 4.11. The minimum Gasteiger partial charge on any atom is -0.379 e. The van der Waals surface area contributed by atoms with Crippen LogP contribution in [0.5, 0.6) is 0 Å². The number of thiazole rings is 1. The molecular weight excluding hydrogens is 368 g/mol. The van der Waals surface area contributed by atoms with Crippen LogP contribution < -0.4 is 5.43 Å². The molecule has 144 valence electrons. The third-order valence-electron chi connectivity index (χ3n) is 4.82. The average Bonchev–Trinajstić information content (AvgIpc) is 3.24. The molecular formula is C22H24N4OS. The zero-order valence-electron chi connectivity index (χ0n) is 15.9. The van der Waals surface area contributed by atoms with E-state index in [2.05, 4.69) is 69.1 Å². The second kappa shape index (κ2) is 9.10. The minimum absolute atomic E-state index is 0.131. The quantitative estimate of drug-likeness (QED) is 0.489. The van der Waals surface area contributed by atoms with Gasteiger partial charge in [-0.05, 0) is 12.5 Å². The first-order valence-corrected chi connectivity index (χ1v) is 10.4. The molecule has 0 spiro atoms. The molecule has 0 saturated carbocycles. The molecule has 0 aliphatic carbocycles. The molecule has 1 saturated heterocycles. The van der Waals surface area contributed by atoms with Gasteiger partial charge in [-0.2, -0.15) is 5.10 Å². The smallest absolute Gasteiger partial charge is 0.203 e. The monoisotopic (exact) mass is 392 g/mol. The Hall–Kier alpha value is -2.54. The molecule has 4 rings (SSSR count). The van der Waals surface area contributed by atoms with E-state index in [1.165, 1.54) is 5.56 Å². The van der Waals surface area contributed by atoms with E-state index in [0.29, 0.717) is 0 Å². The summed E-state index contributed by atoms with van der Waals surface area (Å²) in [6.45, 7) is 5.41. The number of nitrogens with zero attached hydrogens (tertiary/aromatic N) is 3. The van der Waals surface area contributed by atoms with Gasteiger partial charge < -0.3 is 4.74 Å². The van der Waals surface area contributed by atoms with Crippen molar-refractivity contribution < 1.29 is 4.74 Å². The average molecular weight is 393 g/mol. The van der Waals surface area contributed by atoms with E-state index in [1.807, 2.05) is 24.3 Å². The Labute approximate surface area is 169 Å². The predicted molar refractivity (Wildman–Crippen MR) is 116 cm³/mol. The third-order valence-corrected chi connectivity index (χ3v) is 5.57. The third kappa shape index (κ3) is 4.47. The van der Waals surface area contributed by atoms with E-state index < -0.39 is 0 Å². The van der Waals surface area contributed by atoms with Crippen molar-refractivity contribution in [2.24, 2.45) is 5.10 Å². The van der Waals surface area contributed by atoms with Crippen LogP contribution in [-0.4, -0.2) is 41.9 Å². The molecule has 0 radical (unpaired) electrons. The van der Waals surface area contributed by atoms with E-state index in [0.717, 1.165) is 48.4 Å². The Morgan fingerprint density at radius 1 is 1.07 bits per heavy atom. The lowest BCUT2D eigenvalue weighted by molar-refractivity contribution is 0.0286. The lowest BCUT2D eigenvalue weighted by Gasteiger charge is -2.34. The Morgan fingerprint density at radius 2 is 1.75 bits per heavy atom. The van der Waals surface area contributed by atoms with E-state index >= 15 is 0 Å². The molecule has 1 aromatic heterocycles. The van der Waals surface area contributed by atoms with Crippen LogP contribution in [0.1, 0.15) is 18.5 Å². The number of morpholine rings is 1. The van der Waals surface area contributed by atoms with Gasteiger partial charge in [0, 0.05) is 24.0 Å². The van der Waals surface area contributed by atoms with Crippen molar-refractivity contribution in [1.29, 1.82) is 0 Å². The van der Waals surface area contributed by atoms with Crippen LogP contribution in [0.4, 0.5) is 5.13 Å². The molecule has 2 aromatic carbocycles. The summed E-state index contributed by atoms with van der Waals surface area (Å²) in [6.07, 6.45) is 0. The van der Waals surface area contributed by atoms with Gasteiger partial charge in [0.05, 0.1) is 30.7 Å². The second-order valence-electron chi connectivity index (χ2n) is 6.73. The largest absolute Gasteiger partial charge is 0.379 e. The molecule has 1 N–H and O–H groups in total. The van der Waals surface area contributed by atoms with Gasteiger partial charge in [0.15, 0.2) is 0 Å². The maximum atomic E-state index is 5.53. The van der Waals surface area contributed by atoms with Crippen molar-refractivity contribution >= 4 is 22.2 Å². The predicted octanol–water partition coefficient (Wildman–Crippen LogP) is 4.67. The number of anilines is 1. The molecule has 0 unspecified atom stereocenters. The van der Waals surface area contributed by atoms with E-state index in [4.69, 9.17) is 4.74 Å². The number of rotatable bonds is 6. The topological polar surface area (TPSA) is 49.8 Å². The van der Waals surface area contributed by atoms with Crippen molar-refractivity contribution in [3.8, 4) is 11.3 Å². The molecule has 28 heavy (non-hydrogen) atoms. The van der Waals surface area contributed by atoms with Gasteiger partial charge in [-0.15, -0.1) is 11.3 Å². The van der Waals surface area contributed by atoms with Crippen molar-refractivity contribution in [2.75, 3.05) is 31.7 Å². The highest BCUT2D eigenvalue weighted by molar-refractivity contribution is 7.14. The summed E-state index contributed by atoms with van der Waals surface area (Å²) in [5.74, 6) is 0. The highest BCUT2D eigenvalue weighted by Crippen LogP contribution is 2.26. The van der Waals surface area contributed by atoms with Crippen molar-refractivity contribution in [2.45, 2.75) is 13.0 Å². The molecule has 5 nitrogen and oxygen atoms in total. The van der Waals surface area contributed by atoms with Crippen LogP contribution in [0, 0.1) is 0 Å². The molecule has 1 fully saturated rings. The number of aromatic nitrogens is 1. The van der Waals surface area contributed by atoms with E-state index in [1.54, 1.807) is 11.3 Å². The number of ether oxygens (including phenoxy) is 1. The lowest BCUT2D eigenvalue weighted by atomic mass is 10.0. The fraction of sp³-hybridized carbons (Fsp3) is 0.273. The lowest BCUT2D eigenvalue weighted by Crippen LogP contribution is -2.41. The summed E-state index contributed by atoms with van der Waals surface area (Å²) in [5.41, 5.74) is 7.51. The highest BCUT2D eigenvalue weighted by Gasteiger charge is 2.25. The normalized spacial score (nSPS) is 16.7.